The Morgan fingerprint density at radius 1 is 1.21 bits per heavy atom. The minimum Gasteiger partial charge on any atom is -0.353 e. The van der Waals surface area contributed by atoms with Gasteiger partial charge >= 0.3 is 0 Å². The standard InChI is InChI=1S/C23H28N4O/c1-16-6-4-5-7-21(16)22-13-24-25-23(22)18-8-10-27(11-9-18)15-20-12-19(17(2)28)14-26(20)3/h4-7,12-14,18H,8-11,15H2,1-3H3,(H,24,25). The van der Waals surface area contributed by atoms with Crippen LogP contribution in [0.15, 0.2) is 42.7 Å². The molecule has 1 aliphatic rings. The van der Waals surface area contributed by atoms with Crippen LogP contribution in [-0.4, -0.2) is 38.5 Å². The molecule has 0 amide bonds. The van der Waals surface area contributed by atoms with Crippen molar-refractivity contribution in [1.29, 1.82) is 0 Å². The Morgan fingerprint density at radius 2 is 1.96 bits per heavy atom. The molecule has 1 saturated heterocycles. The van der Waals surface area contributed by atoms with Gasteiger partial charge in [0.15, 0.2) is 5.78 Å². The first-order chi connectivity index (χ1) is 13.5. The van der Waals surface area contributed by atoms with Gasteiger partial charge < -0.3 is 4.57 Å². The molecule has 3 aromatic rings. The number of benzene rings is 1. The lowest BCUT2D eigenvalue weighted by Crippen LogP contribution is -2.33. The van der Waals surface area contributed by atoms with Crippen molar-refractivity contribution in [2.75, 3.05) is 13.1 Å². The number of ketones is 1. The van der Waals surface area contributed by atoms with Crippen LogP contribution in [0.4, 0.5) is 0 Å². The minimum absolute atomic E-state index is 0.128. The number of carbonyl (C=O) groups is 1. The van der Waals surface area contributed by atoms with Gasteiger partial charge in [0.05, 0.1) is 6.20 Å². The quantitative estimate of drug-likeness (QED) is 0.675. The largest absolute Gasteiger partial charge is 0.353 e. The van der Waals surface area contributed by atoms with Crippen LogP contribution >= 0.6 is 0 Å². The number of piperidine rings is 1. The van der Waals surface area contributed by atoms with E-state index in [-0.39, 0.29) is 5.78 Å². The van der Waals surface area contributed by atoms with Gasteiger partial charge in [-0.15, -0.1) is 0 Å². The van der Waals surface area contributed by atoms with Gasteiger partial charge in [0.2, 0.25) is 0 Å². The Balaban J connectivity index is 1.44. The topological polar surface area (TPSA) is 53.9 Å². The SMILES string of the molecule is CC(=O)c1cc(CN2CCC(c3[nH]ncc3-c3ccccc3C)CC2)n(C)c1. The molecule has 0 unspecified atom stereocenters. The third-order valence-corrected chi connectivity index (χ3v) is 6.00. The summed E-state index contributed by atoms with van der Waals surface area (Å²) in [4.78, 5) is 14.1. The van der Waals surface area contributed by atoms with Crippen LogP contribution < -0.4 is 0 Å². The second kappa shape index (κ2) is 7.76. The van der Waals surface area contributed by atoms with E-state index in [0.717, 1.165) is 38.0 Å². The third-order valence-electron chi connectivity index (χ3n) is 6.00. The third kappa shape index (κ3) is 3.67. The van der Waals surface area contributed by atoms with Gasteiger partial charge in [-0.3, -0.25) is 14.8 Å². The number of likely N-dealkylation sites (tertiary alicyclic amines) is 1. The first-order valence-corrected chi connectivity index (χ1v) is 10.0. The van der Waals surface area contributed by atoms with Crippen LogP contribution in [0.2, 0.25) is 0 Å². The predicted octanol–water partition coefficient (Wildman–Crippen LogP) is 4.31. The molecular weight excluding hydrogens is 348 g/mol. The van der Waals surface area contributed by atoms with E-state index in [1.54, 1.807) is 6.92 Å². The smallest absolute Gasteiger partial charge is 0.161 e. The van der Waals surface area contributed by atoms with E-state index < -0.39 is 0 Å². The Bertz CT molecular complexity index is 976. The second-order valence-electron chi connectivity index (χ2n) is 7.95. The number of hydrogen-bond donors (Lipinski definition) is 1. The number of nitrogens with zero attached hydrogens (tertiary/aromatic N) is 3. The highest BCUT2D eigenvalue weighted by Crippen LogP contribution is 2.35. The molecular formula is C23H28N4O. The summed E-state index contributed by atoms with van der Waals surface area (Å²) in [5.74, 6) is 0.637. The minimum atomic E-state index is 0.128. The van der Waals surface area contributed by atoms with E-state index in [1.807, 2.05) is 25.5 Å². The number of H-pyrrole nitrogens is 1. The molecule has 0 radical (unpaired) electrons. The van der Waals surface area contributed by atoms with Gasteiger partial charge in [0, 0.05) is 48.2 Å². The van der Waals surface area contributed by atoms with E-state index in [4.69, 9.17) is 0 Å². The number of carbonyl (C=O) groups excluding carboxylic acids is 1. The maximum atomic E-state index is 11.6. The Kier molecular flexibility index (Phi) is 5.18. The molecule has 5 nitrogen and oxygen atoms in total. The van der Waals surface area contributed by atoms with E-state index in [1.165, 1.54) is 28.1 Å². The maximum Gasteiger partial charge on any atom is 0.161 e. The highest BCUT2D eigenvalue weighted by atomic mass is 16.1. The lowest BCUT2D eigenvalue weighted by molar-refractivity contribution is 0.101. The van der Waals surface area contributed by atoms with Crippen molar-refractivity contribution >= 4 is 5.78 Å². The molecule has 0 saturated carbocycles. The van der Waals surface area contributed by atoms with Gasteiger partial charge in [0.1, 0.15) is 0 Å². The summed E-state index contributed by atoms with van der Waals surface area (Å²) in [5, 5.41) is 7.64. The highest BCUT2D eigenvalue weighted by Gasteiger charge is 2.25. The molecule has 1 N–H and O–H groups in total. The summed E-state index contributed by atoms with van der Waals surface area (Å²) in [6, 6.07) is 10.5. The molecule has 1 fully saturated rings. The number of rotatable bonds is 5. The molecule has 0 bridgehead atoms. The zero-order valence-corrected chi connectivity index (χ0v) is 16.9. The van der Waals surface area contributed by atoms with Crippen molar-refractivity contribution in [2.45, 2.75) is 39.2 Å². The van der Waals surface area contributed by atoms with Crippen LogP contribution in [0.5, 0.6) is 0 Å². The lowest BCUT2D eigenvalue weighted by atomic mass is 9.88. The van der Waals surface area contributed by atoms with Crippen molar-refractivity contribution < 1.29 is 4.79 Å². The molecule has 1 aromatic carbocycles. The predicted molar refractivity (Wildman–Crippen MR) is 111 cm³/mol. The second-order valence-corrected chi connectivity index (χ2v) is 7.95. The van der Waals surface area contributed by atoms with Crippen LogP contribution in [-0.2, 0) is 13.6 Å². The maximum absolute atomic E-state index is 11.6. The fourth-order valence-corrected chi connectivity index (χ4v) is 4.27. The van der Waals surface area contributed by atoms with Gasteiger partial charge in [0.25, 0.3) is 0 Å². The summed E-state index contributed by atoms with van der Waals surface area (Å²) < 4.78 is 2.08. The van der Waals surface area contributed by atoms with Crippen molar-refractivity contribution in [3.8, 4) is 11.1 Å². The first kappa shape index (κ1) is 18.7. The van der Waals surface area contributed by atoms with Gasteiger partial charge in [-0.25, -0.2) is 0 Å². The molecule has 0 spiro atoms. The van der Waals surface area contributed by atoms with Crippen molar-refractivity contribution in [3.05, 3.63) is 65.2 Å². The average molecular weight is 377 g/mol. The number of aryl methyl sites for hydroxylation is 2. The average Bonchev–Trinajstić information content (AvgIpc) is 3.30. The fourth-order valence-electron chi connectivity index (χ4n) is 4.27. The van der Waals surface area contributed by atoms with Crippen molar-refractivity contribution in [1.82, 2.24) is 19.7 Å². The normalized spacial score (nSPS) is 15.8. The van der Waals surface area contributed by atoms with Gasteiger partial charge in [-0.05, 0) is 57.0 Å². The number of hydrogen-bond acceptors (Lipinski definition) is 3. The summed E-state index contributed by atoms with van der Waals surface area (Å²) >= 11 is 0. The molecule has 4 rings (SSSR count). The zero-order chi connectivity index (χ0) is 19.7. The Hall–Kier alpha value is -2.66. The number of nitrogens with one attached hydrogen (secondary N) is 1. The van der Waals surface area contributed by atoms with E-state index in [0.29, 0.717) is 5.92 Å². The number of aromatic nitrogens is 3. The molecule has 28 heavy (non-hydrogen) atoms. The summed E-state index contributed by atoms with van der Waals surface area (Å²) in [6.07, 6.45) is 6.14. The number of Topliss-reactive ketones (excluding diaryl/α,β-unsaturated/α-hetero) is 1. The molecule has 1 aliphatic heterocycles. The summed E-state index contributed by atoms with van der Waals surface area (Å²) in [5.41, 5.74) is 7.07. The molecule has 0 atom stereocenters. The van der Waals surface area contributed by atoms with Crippen LogP contribution in [0.3, 0.4) is 0 Å². The lowest BCUT2D eigenvalue weighted by Gasteiger charge is -2.32. The molecule has 0 aliphatic carbocycles. The van der Waals surface area contributed by atoms with Crippen molar-refractivity contribution in [2.24, 2.45) is 7.05 Å². The molecule has 146 valence electrons. The van der Waals surface area contributed by atoms with Crippen LogP contribution in [0.1, 0.15) is 53.0 Å². The number of aromatic amines is 1. The van der Waals surface area contributed by atoms with Gasteiger partial charge in [-0.1, -0.05) is 24.3 Å². The van der Waals surface area contributed by atoms with Crippen LogP contribution in [0.25, 0.3) is 11.1 Å². The summed E-state index contributed by atoms with van der Waals surface area (Å²) in [7, 11) is 2.02. The monoisotopic (exact) mass is 376 g/mol. The van der Waals surface area contributed by atoms with Crippen LogP contribution in [0, 0.1) is 6.92 Å². The zero-order valence-electron chi connectivity index (χ0n) is 16.9. The van der Waals surface area contributed by atoms with Crippen molar-refractivity contribution in [3.63, 3.8) is 0 Å². The molecule has 5 heteroatoms. The van der Waals surface area contributed by atoms with E-state index in [9.17, 15) is 4.79 Å². The Morgan fingerprint density at radius 3 is 2.64 bits per heavy atom. The molecule has 3 heterocycles. The van der Waals surface area contributed by atoms with E-state index >= 15 is 0 Å². The van der Waals surface area contributed by atoms with Gasteiger partial charge in [-0.2, -0.15) is 5.10 Å². The fraction of sp³-hybridized carbons (Fsp3) is 0.391. The van der Waals surface area contributed by atoms with E-state index in [2.05, 4.69) is 50.9 Å². The highest BCUT2D eigenvalue weighted by molar-refractivity contribution is 5.94. The summed E-state index contributed by atoms with van der Waals surface area (Å²) in [6.45, 7) is 6.78. The molecule has 2 aromatic heterocycles. The first-order valence-electron chi connectivity index (χ1n) is 10.0. The Labute approximate surface area is 166 Å².